The maximum atomic E-state index is 11.2. The van der Waals surface area contributed by atoms with E-state index >= 15 is 0 Å². The lowest BCUT2D eigenvalue weighted by Crippen LogP contribution is -2.02. The van der Waals surface area contributed by atoms with Crippen LogP contribution in [-0.2, 0) is 19.4 Å². The Morgan fingerprint density at radius 1 is 1.06 bits per heavy atom. The lowest BCUT2D eigenvalue weighted by atomic mass is 10.1. The number of nitrogens with zero attached hydrogens (tertiary/aromatic N) is 1. The van der Waals surface area contributed by atoms with Gasteiger partial charge in [0.25, 0.3) is 0 Å². The fraction of sp³-hybridized carbons (Fsp3) is 0.231. The summed E-state index contributed by atoms with van der Waals surface area (Å²) >= 11 is 0. The van der Waals surface area contributed by atoms with Gasteiger partial charge < -0.3 is 28.2 Å². The highest BCUT2D eigenvalue weighted by Gasteiger charge is 2.16. The van der Waals surface area contributed by atoms with Gasteiger partial charge in [-0.15, -0.1) is 0 Å². The Morgan fingerprint density at radius 2 is 1.80 bits per heavy atom. The molecular weight excluding hydrogens is 452 g/mol. The molecule has 2 heterocycles. The van der Waals surface area contributed by atoms with Crippen LogP contribution in [0.15, 0.2) is 62.4 Å². The summed E-state index contributed by atoms with van der Waals surface area (Å²) in [6.07, 6.45) is 6.95. The van der Waals surface area contributed by atoms with Gasteiger partial charge >= 0.3 is 5.76 Å². The minimum absolute atomic E-state index is 0.167. The van der Waals surface area contributed by atoms with Crippen molar-refractivity contribution in [1.82, 2.24) is 9.97 Å². The minimum Gasteiger partial charge on any atom is -0.493 e. The van der Waals surface area contributed by atoms with E-state index in [0.29, 0.717) is 48.1 Å². The largest absolute Gasteiger partial charge is 0.493 e. The molecule has 0 atom stereocenters. The molecule has 2 aromatic carbocycles. The Hall–Kier alpha value is -4.40. The third kappa shape index (κ3) is 6.14. The Kier molecular flexibility index (Phi) is 7.57. The predicted octanol–water partition coefficient (Wildman–Crippen LogP) is 4.60. The normalized spacial score (nSPS) is 11.1. The summed E-state index contributed by atoms with van der Waals surface area (Å²) in [6, 6.07) is 13.6. The molecule has 182 valence electrons. The van der Waals surface area contributed by atoms with Crippen LogP contribution in [-0.4, -0.2) is 29.3 Å². The van der Waals surface area contributed by atoms with Gasteiger partial charge in [0.05, 0.1) is 14.2 Å². The molecule has 35 heavy (non-hydrogen) atoms. The first-order valence-corrected chi connectivity index (χ1v) is 11.0. The van der Waals surface area contributed by atoms with Gasteiger partial charge in [-0.2, -0.15) is 0 Å². The van der Waals surface area contributed by atoms with E-state index in [1.54, 1.807) is 26.6 Å². The summed E-state index contributed by atoms with van der Waals surface area (Å²) in [5.74, 6) is 1.29. The zero-order valence-electron chi connectivity index (χ0n) is 19.4. The van der Waals surface area contributed by atoms with E-state index < -0.39 is 5.76 Å². The summed E-state index contributed by atoms with van der Waals surface area (Å²) < 4.78 is 27.5. The molecule has 0 amide bonds. The summed E-state index contributed by atoms with van der Waals surface area (Å²) in [4.78, 5) is 17.8. The zero-order chi connectivity index (χ0) is 24.6. The Labute approximate surface area is 201 Å². The first-order valence-electron chi connectivity index (χ1n) is 11.0. The van der Waals surface area contributed by atoms with Crippen molar-refractivity contribution in [2.24, 2.45) is 0 Å². The molecule has 0 aliphatic carbocycles. The average molecular weight is 479 g/mol. The molecule has 2 aromatic heterocycles. The predicted molar refractivity (Wildman–Crippen MR) is 129 cm³/mol. The van der Waals surface area contributed by atoms with Crippen LogP contribution >= 0.6 is 0 Å². The number of aromatic amines is 1. The third-order valence-corrected chi connectivity index (χ3v) is 5.24. The first kappa shape index (κ1) is 23.7. The van der Waals surface area contributed by atoms with Gasteiger partial charge in [-0.25, -0.2) is 9.78 Å². The van der Waals surface area contributed by atoms with Gasteiger partial charge in [0.2, 0.25) is 17.5 Å². The summed E-state index contributed by atoms with van der Waals surface area (Å²) in [6.45, 7) is 0.167. The van der Waals surface area contributed by atoms with Crippen LogP contribution < -0.4 is 20.0 Å². The van der Waals surface area contributed by atoms with Crippen molar-refractivity contribution in [3.63, 3.8) is 0 Å². The number of methoxy groups -OCH3 is 2. The first-order chi connectivity index (χ1) is 17.1. The molecule has 0 aliphatic heterocycles. The van der Waals surface area contributed by atoms with Crippen molar-refractivity contribution in [3.8, 4) is 23.1 Å². The molecule has 4 rings (SSSR count). The lowest BCUT2D eigenvalue weighted by molar-refractivity contribution is 0.262. The number of hydrogen-bond donors (Lipinski definition) is 2. The molecule has 0 spiro atoms. The summed E-state index contributed by atoms with van der Waals surface area (Å²) in [7, 11) is 3.11. The average Bonchev–Trinajstić information content (AvgIpc) is 3.46. The number of hydrogen-bond acceptors (Lipinski definition) is 8. The van der Waals surface area contributed by atoms with Crippen molar-refractivity contribution in [3.05, 3.63) is 87.8 Å². The van der Waals surface area contributed by atoms with Crippen molar-refractivity contribution in [2.75, 3.05) is 14.2 Å². The molecular formula is C26H26N2O7. The molecule has 0 fully saturated rings. The number of oxazole rings is 2. The van der Waals surface area contributed by atoms with Crippen LogP contribution in [0.25, 0.3) is 12.2 Å². The molecule has 4 aromatic rings. The Balaban J connectivity index is 1.40. The topological polar surface area (TPSA) is 120 Å². The second-order valence-corrected chi connectivity index (χ2v) is 7.68. The van der Waals surface area contributed by atoms with Gasteiger partial charge in [0, 0.05) is 12.5 Å². The van der Waals surface area contributed by atoms with Gasteiger partial charge in [0.15, 0.2) is 17.3 Å². The second kappa shape index (κ2) is 11.1. The lowest BCUT2D eigenvalue weighted by Gasteiger charge is -2.15. The van der Waals surface area contributed by atoms with Crippen LogP contribution in [0, 0.1) is 0 Å². The molecule has 0 unspecified atom stereocenters. The highest BCUT2D eigenvalue weighted by atomic mass is 16.5. The number of ether oxygens (including phenoxy) is 3. The number of H-pyrrole nitrogens is 1. The Morgan fingerprint density at radius 3 is 2.46 bits per heavy atom. The van der Waals surface area contributed by atoms with E-state index in [4.69, 9.17) is 23.0 Å². The molecule has 9 heteroatoms. The van der Waals surface area contributed by atoms with E-state index in [2.05, 4.69) is 9.97 Å². The monoisotopic (exact) mass is 478 g/mol. The molecule has 0 bridgehead atoms. The molecule has 0 saturated carbocycles. The van der Waals surface area contributed by atoms with Crippen LogP contribution in [0.3, 0.4) is 0 Å². The van der Waals surface area contributed by atoms with Crippen LogP contribution in [0.4, 0.5) is 0 Å². The van der Waals surface area contributed by atoms with Crippen molar-refractivity contribution < 1.29 is 28.2 Å². The van der Waals surface area contributed by atoms with Crippen LogP contribution in [0.5, 0.6) is 23.1 Å². The number of benzene rings is 2. The van der Waals surface area contributed by atoms with Crippen LogP contribution in [0.1, 0.15) is 34.9 Å². The number of nitrogens with one attached hydrogen (secondary N) is 1. The number of rotatable bonds is 11. The van der Waals surface area contributed by atoms with Gasteiger partial charge in [-0.1, -0.05) is 30.3 Å². The molecule has 0 saturated heterocycles. The highest BCUT2D eigenvalue weighted by Crippen LogP contribution is 2.39. The molecule has 0 aliphatic rings. The van der Waals surface area contributed by atoms with E-state index in [-0.39, 0.29) is 18.2 Å². The van der Waals surface area contributed by atoms with Crippen molar-refractivity contribution in [2.45, 2.75) is 25.9 Å². The Bertz CT molecular complexity index is 1310. The summed E-state index contributed by atoms with van der Waals surface area (Å²) in [5, 5.41) is 9.64. The smallest absolute Gasteiger partial charge is 0.419 e. The number of aryl methyl sites for hydroxylation is 2. The van der Waals surface area contributed by atoms with E-state index in [0.717, 1.165) is 11.1 Å². The molecule has 9 nitrogen and oxygen atoms in total. The van der Waals surface area contributed by atoms with Crippen LogP contribution in [0.2, 0.25) is 0 Å². The SMILES string of the molecule is COc1cc(CCCc2oc(=O)[nH]c2O)cc(OC)c1OCc1coc(C=Cc2ccccc2)n1. The maximum Gasteiger partial charge on any atom is 0.419 e. The second-order valence-electron chi connectivity index (χ2n) is 7.68. The fourth-order valence-corrected chi connectivity index (χ4v) is 3.54. The van der Waals surface area contributed by atoms with Crippen molar-refractivity contribution >= 4 is 12.2 Å². The molecule has 2 N–H and O–H groups in total. The van der Waals surface area contributed by atoms with E-state index in [1.807, 2.05) is 48.5 Å². The minimum atomic E-state index is -0.672. The standard InChI is InChI=1S/C26H26N2O7/c1-31-21-13-18(9-6-10-20-25(29)28-26(30)35-20)14-22(32-2)24(21)34-16-19-15-33-23(27-19)12-11-17-7-4-3-5-8-17/h3-5,7-8,11-15,29H,6,9-10,16H2,1-2H3,(H,28,30). The van der Waals surface area contributed by atoms with Gasteiger partial charge in [-0.3, -0.25) is 4.98 Å². The third-order valence-electron chi connectivity index (χ3n) is 5.24. The summed E-state index contributed by atoms with van der Waals surface area (Å²) in [5.41, 5.74) is 2.62. The van der Waals surface area contributed by atoms with Crippen molar-refractivity contribution in [1.29, 1.82) is 0 Å². The molecule has 0 radical (unpaired) electrons. The number of aromatic nitrogens is 2. The quantitative estimate of drug-likeness (QED) is 0.321. The zero-order valence-corrected chi connectivity index (χ0v) is 19.4. The van der Waals surface area contributed by atoms with Gasteiger partial charge in [-0.05, 0) is 42.2 Å². The van der Waals surface area contributed by atoms with Gasteiger partial charge in [0.1, 0.15) is 18.6 Å². The maximum absolute atomic E-state index is 11.2. The van der Waals surface area contributed by atoms with E-state index in [9.17, 15) is 9.90 Å². The number of aromatic hydroxyl groups is 1. The fourth-order valence-electron chi connectivity index (χ4n) is 3.54. The van der Waals surface area contributed by atoms with E-state index in [1.165, 1.54) is 0 Å². The highest BCUT2D eigenvalue weighted by molar-refractivity contribution is 5.65.